The molecule has 0 aromatic heterocycles. The lowest BCUT2D eigenvalue weighted by atomic mass is 9.72. The van der Waals surface area contributed by atoms with Crippen LogP contribution in [0.4, 0.5) is 0 Å². The number of fused-ring (bicyclic) bond motifs is 1. The summed E-state index contributed by atoms with van der Waals surface area (Å²) in [5.74, 6) is 0.715. The molecule has 0 amide bonds. The zero-order valence-electron chi connectivity index (χ0n) is 11.7. The molecule has 0 fully saturated rings. The number of hydrogen-bond acceptors (Lipinski definition) is 1. The molecule has 2 unspecified atom stereocenters. The predicted molar refractivity (Wildman–Crippen MR) is 79.0 cm³/mol. The third kappa shape index (κ3) is 3.02. The Morgan fingerprint density at radius 3 is 2.89 bits per heavy atom. The zero-order valence-corrected chi connectivity index (χ0v) is 11.7. The molecule has 1 N–H and O–H groups in total. The summed E-state index contributed by atoms with van der Waals surface area (Å²) >= 11 is 0. The van der Waals surface area contributed by atoms with E-state index < -0.39 is 0 Å². The van der Waals surface area contributed by atoms with Crippen molar-refractivity contribution in [3.8, 4) is 0 Å². The van der Waals surface area contributed by atoms with Gasteiger partial charge in [-0.05, 0) is 50.3 Å². The highest BCUT2D eigenvalue weighted by Crippen LogP contribution is 2.38. The summed E-state index contributed by atoms with van der Waals surface area (Å²) in [7, 11) is 0. The van der Waals surface area contributed by atoms with E-state index in [2.05, 4.69) is 50.0 Å². The van der Waals surface area contributed by atoms with E-state index in [1.165, 1.54) is 24.8 Å². The molecule has 1 aromatic carbocycles. The van der Waals surface area contributed by atoms with Crippen LogP contribution in [0.25, 0.3) is 0 Å². The van der Waals surface area contributed by atoms with Gasteiger partial charge in [0.05, 0.1) is 0 Å². The van der Waals surface area contributed by atoms with Gasteiger partial charge in [0.15, 0.2) is 0 Å². The largest absolute Gasteiger partial charge is 0.313 e. The second-order valence-electron chi connectivity index (χ2n) is 5.57. The molecule has 18 heavy (non-hydrogen) atoms. The van der Waals surface area contributed by atoms with Crippen molar-refractivity contribution in [1.29, 1.82) is 0 Å². The molecule has 2 rings (SSSR count). The Labute approximate surface area is 111 Å². The van der Waals surface area contributed by atoms with E-state index in [1.54, 1.807) is 11.1 Å². The van der Waals surface area contributed by atoms with Gasteiger partial charge in [-0.15, -0.1) is 6.58 Å². The van der Waals surface area contributed by atoms with E-state index in [0.29, 0.717) is 12.0 Å². The maximum Gasteiger partial charge on any atom is 0.0142 e. The molecule has 0 spiro atoms. The minimum Gasteiger partial charge on any atom is -0.313 e. The number of nitrogens with one attached hydrogen (secondary N) is 1. The average Bonchev–Trinajstić information content (AvgIpc) is 2.33. The topological polar surface area (TPSA) is 12.0 Å². The molecule has 98 valence electrons. The first-order valence-electron chi connectivity index (χ1n) is 7.18. The molecule has 0 aliphatic heterocycles. The van der Waals surface area contributed by atoms with E-state index in [1.807, 2.05) is 0 Å². The average molecular weight is 243 g/mol. The first-order chi connectivity index (χ1) is 8.72. The van der Waals surface area contributed by atoms with Gasteiger partial charge in [-0.25, -0.2) is 0 Å². The summed E-state index contributed by atoms with van der Waals surface area (Å²) in [6.07, 6.45) is 4.81. The van der Waals surface area contributed by atoms with Crippen molar-refractivity contribution in [3.05, 3.63) is 47.5 Å². The quantitative estimate of drug-likeness (QED) is 0.712. The fraction of sp³-hybridized carbons (Fsp3) is 0.529. The van der Waals surface area contributed by atoms with Crippen LogP contribution in [0.5, 0.6) is 0 Å². The Bertz CT molecular complexity index is 408. The van der Waals surface area contributed by atoms with Crippen molar-refractivity contribution in [2.45, 2.75) is 51.5 Å². The van der Waals surface area contributed by atoms with Gasteiger partial charge < -0.3 is 5.32 Å². The second kappa shape index (κ2) is 6.19. The van der Waals surface area contributed by atoms with Gasteiger partial charge >= 0.3 is 0 Å². The molecular weight excluding hydrogens is 218 g/mol. The number of allylic oxidation sites excluding steroid dienone is 1. The van der Waals surface area contributed by atoms with Gasteiger partial charge in [-0.2, -0.15) is 0 Å². The Hall–Kier alpha value is -1.08. The van der Waals surface area contributed by atoms with E-state index >= 15 is 0 Å². The van der Waals surface area contributed by atoms with Crippen molar-refractivity contribution in [2.75, 3.05) is 6.54 Å². The summed E-state index contributed by atoms with van der Waals surface area (Å²) in [5, 5.41) is 3.73. The summed E-state index contributed by atoms with van der Waals surface area (Å²) in [5.41, 5.74) is 4.40. The smallest absolute Gasteiger partial charge is 0.0142 e. The SMILES string of the molecule is C=C(C)CCC(NCCC)C1Cc2ccccc21. The molecular formula is C17H25N. The molecule has 1 aliphatic carbocycles. The highest BCUT2D eigenvalue weighted by molar-refractivity contribution is 5.41. The lowest BCUT2D eigenvalue weighted by molar-refractivity contribution is 0.379. The lowest BCUT2D eigenvalue weighted by Crippen LogP contribution is -2.40. The van der Waals surface area contributed by atoms with Crippen LogP contribution in [0.2, 0.25) is 0 Å². The Kier molecular flexibility index (Phi) is 4.60. The highest BCUT2D eigenvalue weighted by Gasteiger charge is 2.31. The molecule has 2 atom stereocenters. The van der Waals surface area contributed by atoms with Crippen LogP contribution in [0.1, 0.15) is 50.2 Å². The highest BCUT2D eigenvalue weighted by atomic mass is 14.9. The number of benzene rings is 1. The normalized spacial score (nSPS) is 18.9. The fourth-order valence-corrected chi connectivity index (χ4v) is 2.83. The maximum atomic E-state index is 4.03. The van der Waals surface area contributed by atoms with Crippen molar-refractivity contribution in [2.24, 2.45) is 0 Å². The molecule has 1 aliphatic rings. The summed E-state index contributed by atoms with van der Waals surface area (Å²) < 4.78 is 0. The van der Waals surface area contributed by atoms with E-state index in [0.717, 1.165) is 13.0 Å². The third-order valence-electron chi connectivity index (χ3n) is 3.92. The number of hydrogen-bond donors (Lipinski definition) is 1. The van der Waals surface area contributed by atoms with Crippen LogP contribution < -0.4 is 5.32 Å². The molecule has 0 saturated heterocycles. The van der Waals surface area contributed by atoms with Crippen LogP contribution in [-0.2, 0) is 6.42 Å². The molecule has 0 radical (unpaired) electrons. The minimum absolute atomic E-state index is 0.622. The Morgan fingerprint density at radius 2 is 2.22 bits per heavy atom. The van der Waals surface area contributed by atoms with Crippen molar-refractivity contribution >= 4 is 0 Å². The standard InChI is InChI=1S/C17H25N/c1-4-11-18-17(10-9-13(2)3)16-12-14-7-5-6-8-15(14)16/h5-8,16-18H,2,4,9-12H2,1,3H3. The minimum atomic E-state index is 0.622. The molecule has 1 nitrogen and oxygen atoms in total. The summed E-state index contributed by atoms with van der Waals surface area (Å²) in [6.45, 7) is 9.52. The van der Waals surface area contributed by atoms with Crippen LogP contribution in [0, 0.1) is 0 Å². The van der Waals surface area contributed by atoms with Gasteiger partial charge in [0.1, 0.15) is 0 Å². The maximum absolute atomic E-state index is 4.03. The van der Waals surface area contributed by atoms with Crippen LogP contribution >= 0.6 is 0 Å². The zero-order chi connectivity index (χ0) is 13.0. The predicted octanol–water partition coefficient (Wildman–Crippen LogP) is 4.05. The molecule has 0 saturated carbocycles. The first kappa shape index (κ1) is 13.4. The fourth-order valence-electron chi connectivity index (χ4n) is 2.83. The van der Waals surface area contributed by atoms with E-state index in [9.17, 15) is 0 Å². The molecule has 1 heteroatoms. The third-order valence-corrected chi connectivity index (χ3v) is 3.92. The summed E-state index contributed by atoms with van der Waals surface area (Å²) in [4.78, 5) is 0. The number of rotatable bonds is 7. The van der Waals surface area contributed by atoms with Gasteiger partial charge in [0.25, 0.3) is 0 Å². The summed E-state index contributed by atoms with van der Waals surface area (Å²) in [6, 6.07) is 9.50. The molecule has 1 aromatic rings. The Morgan fingerprint density at radius 1 is 1.44 bits per heavy atom. The first-order valence-corrected chi connectivity index (χ1v) is 7.18. The van der Waals surface area contributed by atoms with Gasteiger partial charge in [0, 0.05) is 12.0 Å². The van der Waals surface area contributed by atoms with Gasteiger partial charge in [-0.1, -0.05) is 36.8 Å². The van der Waals surface area contributed by atoms with E-state index in [4.69, 9.17) is 0 Å². The Balaban J connectivity index is 1.99. The van der Waals surface area contributed by atoms with Crippen LogP contribution in [0.3, 0.4) is 0 Å². The van der Waals surface area contributed by atoms with Crippen LogP contribution in [-0.4, -0.2) is 12.6 Å². The van der Waals surface area contributed by atoms with Crippen molar-refractivity contribution in [1.82, 2.24) is 5.32 Å². The second-order valence-corrected chi connectivity index (χ2v) is 5.57. The van der Waals surface area contributed by atoms with Crippen LogP contribution in [0.15, 0.2) is 36.4 Å². The van der Waals surface area contributed by atoms with Crippen molar-refractivity contribution in [3.63, 3.8) is 0 Å². The van der Waals surface area contributed by atoms with Crippen molar-refractivity contribution < 1.29 is 0 Å². The monoisotopic (exact) mass is 243 g/mol. The lowest BCUT2D eigenvalue weighted by Gasteiger charge is -2.37. The van der Waals surface area contributed by atoms with Gasteiger partial charge in [0.2, 0.25) is 0 Å². The van der Waals surface area contributed by atoms with Gasteiger partial charge in [-0.3, -0.25) is 0 Å². The molecule has 0 heterocycles. The van der Waals surface area contributed by atoms with E-state index in [-0.39, 0.29) is 0 Å². The molecule has 0 bridgehead atoms.